The van der Waals surface area contributed by atoms with Crippen molar-refractivity contribution in [2.24, 2.45) is 0 Å². The van der Waals surface area contributed by atoms with E-state index < -0.39 is 23.1 Å². The van der Waals surface area contributed by atoms with Gasteiger partial charge in [0.25, 0.3) is 5.91 Å². The fourth-order valence-electron chi connectivity index (χ4n) is 4.78. The predicted molar refractivity (Wildman–Crippen MR) is 124 cm³/mol. The fraction of sp³-hybridized carbons (Fsp3) is 0.259. The van der Waals surface area contributed by atoms with E-state index in [1.165, 1.54) is 6.07 Å². The number of carbonyl (C=O) groups excluding carboxylic acids is 1. The second-order valence-electron chi connectivity index (χ2n) is 8.82. The van der Waals surface area contributed by atoms with Crippen LogP contribution in [0.4, 0.5) is 8.78 Å². The molecule has 6 heteroatoms. The van der Waals surface area contributed by atoms with Gasteiger partial charge in [0.2, 0.25) is 0 Å². The summed E-state index contributed by atoms with van der Waals surface area (Å²) in [5.41, 5.74) is 3.52. The Hall–Kier alpha value is -3.54. The normalized spacial score (nSPS) is 15.5. The van der Waals surface area contributed by atoms with Gasteiger partial charge in [-0.25, -0.2) is 8.78 Å². The van der Waals surface area contributed by atoms with Gasteiger partial charge in [-0.3, -0.25) is 9.78 Å². The summed E-state index contributed by atoms with van der Waals surface area (Å²) < 4.78 is 27.0. The van der Waals surface area contributed by atoms with Crippen LogP contribution >= 0.6 is 0 Å². The van der Waals surface area contributed by atoms with Crippen molar-refractivity contribution in [2.75, 3.05) is 0 Å². The van der Waals surface area contributed by atoms with Crippen LogP contribution in [0.25, 0.3) is 10.9 Å². The molecule has 1 aliphatic carbocycles. The second-order valence-corrected chi connectivity index (χ2v) is 8.82. The van der Waals surface area contributed by atoms with Gasteiger partial charge < -0.3 is 10.3 Å². The number of benzene rings is 2. The number of fused-ring (bicyclic) bond motifs is 1. The van der Waals surface area contributed by atoms with E-state index in [1.54, 1.807) is 0 Å². The maximum absolute atomic E-state index is 13.7. The lowest BCUT2D eigenvalue weighted by Gasteiger charge is -2.37. The Bertz CT molecular complexity index is 1310. The van der Waals surface area contributed by atoms with Crippen molar-refractivity contribution < 1.29 is 13.6 Å². The Morgan fingerprint density at radius 3 is 2.61 bits per heavy atom. The van der Waals surface area contributed by atoms with Gasteiger partial charge in [-0.05, 0) is 54.8 Å². The highest BCUT2D eigenvalue weighted by Gasteiger charge is 2.37. The molecule has 0 atom stereocenters. The zero-order chi connectivity index (χ0) is 22.8. The van der Waals surface area contributed by atoms with Crippen molar-refractivity contribution in [1.29, 1.82) is 0 Å². The van der Waals surface area contributed by atoms with Crippen LogP contribution < -0.4 is 5.32 Å². The number of hydrogen-bond acceptors (Lipinski definition) is 2. The molecule has 2 N–H and O–H groups in total. The standard InChI is InChI=1S/C27H25F2N3O/c28-22-11-9-20(16-23(22)29)26(33)32-27(12-4-1-5-13-27)25-15-18(17-30-25)14-21-10-8-19-6-2-3-7-24(19)31-21/h2-3,6-11,15-17,30H,1,4-5,12-14H2,(H,32,33). The molecule has 4 nitrogen and oxygen atoms in total. The SMILES string of the molecule is O=C(NC1(c2cc(Cc3ccc4ccccc4n3)c[nH]2)CCCCC1)c1ccc(F)c(F)c1. The molecule has 33 heavy (non-hydrogen) atoms. The van der Waals surface area contributed by atoms with Crippen molar-refractivity contribution in [3.63, 3.8) is 0 Å². The summed E-state index contributed by atoms with van der Waals surface area (Å²) in [6.45, 7) is 0. The molecule has 1 amide bonds. The topological polar surface area (TPSA) is 57.8 Å². The third-order valence-electron chi connectivity index (χ3n) is 6.54. The number of carbonyl (C=O) groups is 1. The van der Waals surface area contributed by atoms with Gasteiger partial charge in [0.05, 0.1) is 11.1 Å². The Balaban J connectivity index is 1.39. The van der Waals surface area contributed by atoms with Gasteiger partial charge in [0.1, 0.15) is 0 Å². The first-order chi connectivity index (χ1) is 16.0. The average molecular weight is 446 g/mol. The van der Waals surface area contributed by atoms with Crippen molar-refractivity contribution in [3.05, 3.63) is 101 Å². The van der Waals surface area contributed by atoms with Gasteiger partial charge in [-0.2, -0.15) is 0 Å². The van der Waals surface area contributed by atoms with Gasteiger partial charge in [-0.1, -0.05) is 43.5 Å². The quantitative estimate of drug-likeness (QED) is 0.395. The van der Waals surface area contributed by atoms with Crippen LogP contribution in [0.5, 0.6) is 0 Å². The van der Waals surface area contributed by atoms with E-state index in [0.29, 0.717) is 6.42 Å². The van der Waals surface area contributed by atoms with Crippen LogP contribution in [0.15, 0.2) is 66.9 Å². The smallest absolute Gasteiger partial charge is 0.252 e. The number of aromatic amines is 1. The van der Waals surface area contributed by atoms with Crippen LogP contribution in [0.2, 0.25) is 0 Å². The molecule has 2 aromatic carbocycles. The van der Waals surface area contributed by atoms with E-state index in [0.717, 1.165) is 72.1 Å². The summed E-state index contributed by atoms with van der Waals surface area (Å²) in [5, 5.41) is 4.25. The van der Waals surface area contributed by atoms with E-state index >= 15 is 0 Å². The number of H-pyrrole nitrogens is 1. The van der Waals surface area contributed by atoms with Crippen molar-refractivity contribution >= 4 is 16.8 Å². The molecule has 0 aliphatic heterocycles. The largest absolute Gasteiger partial charge is 0.363 e. The van der Waals surface area contributed by atoms with E-state index in [-0.39, 0.29) is 5.56 Å². The molecule has 0 radical (unpaired) electrons. The number of pyridine rings is 1. The molecule has 0 bridgehead atoms. The number of para-hydroxylation sites is 1. The fourth-order valence-corrected chi connectivity index (χ4v) is 4.78. The molecule has 2 aromatic heterocycles. The molecule has 1 fully saturated rings. The van der Waals surface area contributed by atoms with E-state index in [2.05, 4.69) is 22.4 Å². The molecule has 4 aromatic rings. The lowest BCUT2D eigenvalue weighted by molar-refractivity contribution is 0.0862. The molecule has 1 aliphatic rings. The number of nitrogens with one attached hydrogen (secondary N) is 2. The summed E-state index contributed by atoms with van der Waals surface area (Å²) in [6, 6.07) is 17.5. The lowest BCUT2D eigenvalue weighted by Crippen LogP contribution is -2.47. The summed E-state index contributed by atoms with van der Waals surface area (Å²) >= 11 is 0. The molecule has 168 valence electrons. The van der Waals surface area contributed by atoms with Gasteiger partial charge in [0, 0.05) is 35.0 Å². The Kier molecular flexibility index (Phi) is 5.67. The van der Waals surface area contributed by atoms with Crippen LogP contribution in [-0.4, -0.2) is 15.9 Å². The van der Waals surface area contributed by atoms with E-state index in [4.69, 9.17) is 4.98 Å². The molecule has 0 unspecified atom stereocenters. The zero-order valence-corrected chi connectivity index (χ0v) is 18.2. The average Bonchev–Trinajstić information content (AvgIpc) is 3.30. The van der Waals surface area contributed by atoms with Crippen molar-refractivity contribution in [3.8, 4) is 0 Å². The molecule has 0 spiro atoms. The Morgan fingerprint density at radius 1 is 0.970 bits per heavy atom. The van der Waals surface area contributed by atoms with Crippen LogP contribution in [-0.2, 0) is 12.0 Å². The molecule has 5 rings (SSSR count). The Labute approximate surface area is 191 Å². The van der Waals surface area contributed by atoms with E-state index in [9.17, 15) is 13.6 Å². The molecule has 0 saturated heterocycles. The number of hydrogen-bond donors (Lipinski definition) is 2. The number of amides is 1. The highest BCUT2D eigenvalue weighted by Crippen LogP contribution is 2.37. The number of nitrogens with zero attached hydrogens (tertiary/aromatic N) is 1. The number of halogens is 2. The molecule has 2 heterocycles. The second kappa shape index (κ2) is 8.77. The monoisotopic (exact) mass is 445 g/mol. The zero-order valence-electron chi connectivity index (χ0n) is 18.2. The van der Waals surface area contributed by atoms with Crippen LogP contribution in [0.3, 0.4) is 0 Å². The third-order valence-corrected chi connectivity index (χ3v) is 6.54. The summed E-state index contributed by atoms with van der Waals surface area (Å²) in [5.74, 6) is -2.39. The van der Waals surface area contributed by atoms with Crippen LogP contribution in [0.1, 0.15) is 59.4 Å². The third kappa shape index (κ3) is 4.38. The first kappa shape index (κ1) is 21.3. The summed E-state index contributed by atoms with van der Waals surface area (Å²) in [6.07, 6.45) is 7.29. The van der Waals surface area contributed by atoms with Crippen molar-refractivity contribution in [1.82, 2.24) is 15.3 Å². The number of rotatable bonds is 5. The maximum atomic E-state index is 13.7. The molecular formula is C27H25F2N3O. The van der Waals surface area contributed by atoms with Gasteiger partial charge in [-0.15, -0.1) is 0 Å². The first-order valence-electron chi connectivity index (χ1n) is 11.3. The maximum Gasteiger partial charge on any atom is 0.252 e. The van der Waals surface area contributed by atoms with Crippen molar-refractivity contribution in [2.45, 2.75) is 44.1 Å². The summed E-state index contributed by atoms with van der Waals surface area (Å²) in [7, 11) is 0. The number of aromatic nitrogens is 2. The minimum Gasteiger partial charge on any atom is -0.363 e. The van der Waals surface area contributed by atoms with E-state index in [1.807, 2.05) is 36.5 Å². The van der Waals surface area contributed by atoms with Gasteiger partial charge >= 0.3 is 0 Å². The minimum atomic E-state index is -1.02. The lowest BCUT2D eigenvalue weighted by atomic mass is 9.79. The first-order valence-corrected chi connectivity index (χ1v) is 11.3. The predicted octanol–water partition coefficient (Wildman–Crippen LogP) is 6.02. The Morgan fingerprint density at radius 2 is 1.79 bits per heavy atom. The highest BCUT2D eigenvalue weighted by molar-refractivity contribution is 5.94. The molecule has 1 saturated carbocycles. The van der Waals surface area contributed by atoms with Gasteiger partial charge in [0.15, 0.2) is 11.6 Å². The highest BCUT2D eigenvalue weighted by atomic mass is 19.2. The minimum absolute atomic E-state index is 0.117. The molecular weight excluding hydrogens is 420 g/mol. The van der Waals surface area contributed by atoms with Crippen LogP contribution in [0, 0.1) is 11.6 Å². The summed E-state index contributed by atoms with van der Waals surface area (Å²) in [4.78, 5) is 21.1.